The molecule has 1 fully saturated rings. The molecule has 0 unspecified atom stereocenters. The van der Waals surface area contributed by atoms with E-state index < -0.39 is 11.8 Å². The van der Waals surface area contributed by atoms with Crippen molar-refractivity contribution in [2.75, 3.05) is 31.1 Å². The Labute approximate surface area is 148 Å². The maximum Gasteiger partial charge on any atom is 0.309 e. The highest BCUT2D eigenvalue weighted by Gasteiger charge is 2.23. The molecular weight excluding hydrogens is 318 g/mol. The van der Waals surface area contributed by atoms with Crippen LogP contribution in [-0.2, 0) is 9.59 Å². The number of nitrogens with one attached hydrogen (secondary N) is 2. The molecule has 25 heavy (non-hydrogen) atoms. The first-order chi connectivity index (χ1) is 12.0. The van der Waals surface area contributed by atoms with Crippen LogP contribution in [0.25, 0.3) is 0 Å². The third-order valence-corrected chi connectivity index (χ3v) is 4.25. The Balaban J connectivity index is 1.76. The highest BCUT2D eigenvalue weighted by atomic mass is 16.2. The molecule has 1 aromatic rings. The van der Waals surface area contributed by atoms with E-state index in [-0.39, 0.29) is 0 Å². The lowest BCUT2D eigenvalue weighted by Crippen LogP contribution is -2.44. The third kappa shape index (κ3) is 5.45. The highest BCUT2D eigenvalue weighted by Crippen LogP contribution is 2.23. The zero-order valence-corrected chi connectivity index (χ0v) is 14.8. The summed E-state index contributed by atoms with van der Waals surface area (Å²) in [5.41, 5.74) is 0.580. The van der Waals surface area contributed by atoms with Gasteiger partial charge in [-0.05, 0) is 36.8 Å². The summed E-state index contributed by atoms with van der Waals surface area (Å²) in [6.07, 6.45) is 3.46. The Bertz CT molecular complexity index is 645. The number of amides is 2. The van der Waals surface area contributed by atoms with E-state index in [0.29, 0.717) is 30.5 Å². The minimum Gasteiger partial charge on any atom is -0.356 e. The first kappa shape index (κ1) is 18.7. The second-order valence-corrected chi connectivity index (χ2v) is 6.73. The first-order valence-corrected chi connectivity index (χ1v) is 8.67. The normalized spacial score (nSPS) is 14.9. The second-order valence-electron chi connectivity index (χ2n) is 6.73. The van der Waals surface area contributed by atoms with Gasteiger partial charge >= 0.3 is 11.8 Å². The zero-order valence-electron chi connectivity index (χ0n) is 14.8. The molecule has 7 nitrogen and oxygen atoms in total. The van der Waals surface area contributed by atoms with Gasteiger partial charge in [0.1, 0.15) is 11.9 Å². The van der Waals surface area contributed by atoms with E-state index in [1.54, 1.807) is 18.3 Å². The molecule has 1 saturated heterocycles. The lowest BCUT2D eigenvalue weighted by molar-refractivity contribution is -0.139. The van der Waals surface area contributed by atoms with Crippen LogP contribution in [0.2, 0.25) is 0 Å². The lowest BCUT2D eigenvalue weighted by Gasteiger charge is -2.33. The standard InChI is InChI=1S/C18H25N5O2/c1-13(2)11-21-17(24)18(25)22-12-14-5-8-23(9-6-14)16-15(10-19)4-3-7-20-16/h3-4,7,13-14H,5-6,8-9,11-12H2,1-2H3,(H,21,24)(H,22,25). The number of aromatic nitrogens is 1. The van der Waals surface area contributed by atoms with Crippen molar-refractivity contribution in [3.05, 3.63) is 23.9 Å². The van der Waals surface area contributed by atoms with Gasteiger partial charge in [0.25, 0.3) is 0 Å². The van der Waals surface area contributed by atoms with E-state index in [4.69, 9.17) is 0 Å². The van der Waals surface area contributed by atoms with E-state index in [1.165, 1.54) is 0 Å². The summed E-state index contributed by atoms with van der Waals surface area (Å²) < 4.78 is 0. The van der Waals surface area contributed by atoms with Crippen molar-refractivity contribution in [3.8, 4) is 6.07 Å². The van der Waals surface area contributed by atoms with Gasteiger partial charge < -0.3 is 15.5 Å². The third-order valence-electron chi connectivity index (χ3n) is 4.25. The number of nitrogens with zero attached hydrogens (tertiary/aromatic N) is 3. The zero-order chi connectivity index (χ0) is 18.2. The van der Waals surface area contributed by atoms with E-state index in [1.807, 2.05) is 13.8 Å². The number of carbonyl (C=O) groups is 2. The quantitative estimate of drug-likeness (QED) is 0.779. The Morgan fingerprint density at radius 3 is 2.64 bits per heavy atom. The van der Waals surface area contributed by atoms with Gasteiger partial charge in [-0.2, -0.15) is 5.26 Å². The average Bonchev–Trinajstić information content (AvgIpc) is 2.64. The fourth-order valence-corrected chi connectivity index (χ4v) is 2.78. The fraction of sp³-hybridized carbons (Fsp3) is 0.556. The van der Waals surface area contributed by atoms with Crippen LogP contribution in [0.3, 0.4) is 0 Å². The summed E-state index contributed by atoms with van der Waals surface area (Å²) in [6, 6.07) is 5.70. The minimum atomic E-state index is -0.571. The molecule has 2 N–H and O–H groups in total. The summed E-state index contributed by atoms with van der Waals surface area (Å²) >= 11 is 0. The molecule has 0 atom stereocenters. The second kappa shape index (κ2) is 9.02. The van der Waals surface area contributed by atoms with Crippen molar-refractivity contribution in [2.24, 2.45) is 11.8 Å². The van der Waals surface area contributed by atoms with Crippen LogP contribution in [0.4, 0.5) is 5.82 Å². The summed E-state index contributed by atoms with van der Waals surface area (Å²) in [6.45, 7) is 6.51. The fourth-order valence-electron chi connectivity index (χ4n) is 2.78. The van der Waals surface area contributed by atoms with Crippen LogP contribution in [-0.4, -0.2) is 43.0 Å². The molecule has 1 aliphatic rings. The summed E-state index contributed by atoms with van der Waals surface area (Å²) in [7, 11) is 0. The van der Waals surface area contributed by atoms with Gasteiger partial charge in [0, 0.05) is 32.4 Å². The largest absolute Gasteiger partial charge is 0.356 e. The van der Waals surface area contributed by atoms with Crippen LogP contribution < -0.4 is 15.5 Å². The monoisotopic (exact) mass is 343 g/mol. The number of rotatable bonds is 5. The minimum absolute atomic E-state index is 0.311. The molecule has 7 heteroatoms. The van der Waals surface area contributed by atoms with E-state index >= 15 is 0 Å². The first-order valence-electron chi connectivity index (χ1n) is 8.67. The SMILES string of the molecule is CC(C)CNC(=O)C(=O)NCC1CCN(c2ncccc2C#N)CC1. The van der Waals surface area contributed by atoms with Crippen molar-refractivity contribution < 1.29 is 9.59 Å². The molecule has 0 aliphatic carbocycles. The van der Waals surface area contributed by atoms with Crippen LogP contribution in [0.15, 0.2) is 18.3 Å². The predicted octanol–water partition coefficient (Wildman–Crippen LogP) is 1.06. The molecule has 134 valence electrons. The molecule has 0 saturated carbocycles. The molecule has 1 aliphatic heterocycles. The van der Waals surface area contributed by atoms with Crippen molar-refractivity contribution in [3.63, 3.8) is 0 Å². The van der Waals surface area contributed by atoms with E-state index in [2.05, 4.69) is 26.6 Å². The number of carbonyl (C=O) groups excluding carboxylic acids is 2. The smallest absolute Gasteiger partial charge is 0.309 e. The maximum atomic E-state index is 11.8. The summed E-state index contributed by atoms with van der Waals surface area (Å²) in [5.74, 6) is 0.219. The summed E-state index contributed by atoms with van der Waals surface area (Å²) in [4.78, 5) is 29.9. The topological polar surface area (TPSA) is 98.1 Å². The van der Waals surface area contributed by atoms with Crippen LogP contribution in [0.1, 0.15) is 32.3 Å². The van der Waals surface area contributed by atoms with E-state index in [0.717, 1.165) is 31.7 Å². The molecule has 1 aromatic heterocycles. The Hall–Kier alpha value is -2.62. The van der Waals surface area contributed by atoms with Gasteiger partial charge in [-0.1, -0.05) is 13.8 Å². The number of hydrogen-bond donors (Lipinski definition) is 2. The molecule has 2 heterocycles. The van der Waals surface area contributed by atoms with Gasteiger partial charge in [-0.3, -0.25) is 9.59 Å². The number of hydrogen-bond acceptors (Lipinski definition) is 5. The Morgan fingerprint density at radius 2 is 2.00 bits per heavy atom. The van der Waals surface area contributed by atoms with Crippen molar-refractivity contribution >= 4 is 17.6 Å². The van der Waals surface area contributed by atoms with Gasteiger partial charge in [0.2, 0.25) is 0 Å². The van der Waals surface area contributed by atoms with Crippen molar-refractivity contribution in [2.45, 2.75) is 26.7 Å². The van der Waals surface area contributed by atoms with Crippen LogP contribution in [0, 0.1) is 23.2 Å². The van der Waals surface area contributed by atoms with Gasteiger partial charge in [0.15, 0.2) is 0 Å². The van der Waals surface area contributed by atoms with Crippen molar-refractivity contribution in [1.82, 2.24) is 15.6 Å². The van der Waals surface area contributed by atoms with Crippen molar-refractivity contribution in [1.29, 1.82) is 5.26 Å². The van der Waals surface area contributed by atoms with Gasteiger partial charge in [-0.25, -0.2) is 4.98 Å². The van der Waals surface area contributed by atoms with Gasteiger partial charge in [0.05, 0.1) is 5.56 Å². The Morgan fingerprint density at radius 1 is 1.32 bits per heavy atom. The number of anilines is 1. The molecule has 2 amide bonds. The Kier molecular flexibility index (Phi) is 6.75. The highest BCUT2D eigenvalue weighted by molar-refractivity contribution is 6.35. The van der Waals surface area contributed by atoms with Crippen LogP contribution >= 0.6 is 0 Å². The molecule has 2 rings (SSSR count). The van der Waals surface area contributed by atoms with Crippen LogP contribution in [0.5, 0.6) is 0 Å². The average molecular weight is 343 g/mol. The lowest BCUT2D eigenvalue weighted by atomic mass is 9.96. The number of piperidine rings is 1. The predicted molar refractivity (Wildman–Crippen MR) is 94.7 cm³/mol. The number of pyridine rings is 1. The molecule has 0 radical (unpaired) electrons. The molecular formula is C18H25N5O2. The molecule has 0 bridgehead atoms. The van der Waals surface area contributed by atoms with Gasteiger partial charge in [-0.15, -0.1) is 0 Å². The van der Waals surface area contributed by atoms with E-state index in [9.17, 15) is 14.9 Å². The number of nitriles is 1. The summed E-state index contributed by atoms with van der Waals surface area (Å²) in [5, 5.41) is 14.5. The maximum absolute atomic E-state index is 11.8. The molecule has 0 aromatic carbocycles. The molecule has 0 spiro atoms.